The molecule has 3 nitrogen and oxygen atoms in total. The van der Waals surface area contributed by atoms with Crippen molar-refractivity contribution in [3.8, 4) is 5.75 Å². The number of halogens is 1. The Hall–Kier alpha value is -1.81. The Labute approximate surface area is 146 Å². The van der Waals surface area contributed by atoms with Gasteiger partial charge in [0.2, 0.25) is 0 Å². The molecule has 0 aliphatic carbocycles. The van der Waals surface area contributed by atoms with Crippen LogP contribution in [0.3, 0.4) is 0 Å². The van der Waals surface area contributed by atoms with Gasteiger partial charge in [0.25, 0.3) is 5.91 Å². The highest BCUT2D eigenvalue weighted by atomic mass is 79.9. The molecule has 0 heterocycles. The lowest BCUT2D eigenvalue weighted by molar-refractivity contribution is -0.123. The fourth-order valence-electron chi connectivity index (χ4n) is 2.24. The van der Waals surface area contributed by atoms with E-state index in [1.807, 2.05) is 36.4 Å². The van der Waals surface area contributed by atoms with Crippen molar-refractivity contribution in [1.29, 1.82) is 0 Å². The lowest BCUT2D eigenvalue weighted by Crippen LogP contribution is -2.31. The fourth-order valence-corrected chi connectivity index (χ4v) is 2.78. The first kappa shape index (κ1) is 17.5. The minimum Gasteiger partial charge on any atom is -0.483 e. The first-order chi connectivity index (χ1) is 11.1. The molecule has 0 saturated carbocycles. The summed E-state index contributed by atoms with van der Waals surface area (Å²) in [5.74, 6) is 0.850. The van der Waals surface area contributed by atoms with E-state index in [0.29, 0.717) is 12.3 Å². The van der Waals surface area contributed by atoms with Gasteiger partial charge in [-0.3, -0.25) is 4.79 Å². The maximum atomic E-state index is 11.9. The highest BCUT2D eigenvalue weighted by Gasteiger charge is 2.09. The van der Waals surface area contributed by atoms with Crippen molar-refractivity contribution in [3.63, 3.8) is 0 Å². The summed E-state index contributed by atoms with van der Waals surface area (Å²) >= 11 is 3.47. The molecule has 0 fully saturated rings. The second-order valence-electron chi connectivity index (χ2n) is 5.52. The van der Waals surface area contributed by atoms with Crippen molar-refractivity contribution in [2.75, 3.05) is 13.2 Å². The summed E-state index contributed by atoms with van der Waals surface area (Å²) < 4.78 is 6.45. The van der Waals surface area contributed by atoms with Crippen molar-refractivity contribution in [1.82, 2.24) is 5.32 Å². The topological polar surface area (TPSA) is 38.3 Å². The molecular weight excluding hydrogens is 354 g/mol. The number of ether oxygens (including phenoxy) is 1. The molecule has 1 amide bonds. The van der Waals surface area contributed by atoms with Crippen LogP contribution in [0, 0.1) is 0 Å². The smallest absolute Gasteiger partial charge is 0.257 e. The molecule has 2 aromatic rings. The maximum absolute atomic E-state index is 11.9. The summed E-state index contributed by atoms with van der Waals surface area (Å²) in [6, 6.07) is 16.1. The minimum absolute atomic E-state index is 0.0194. The van der Waals surface area contributed by atoms with Crippen LogP contribution in [0.15, 0.2) is 53.0 Å². The zero-order valence-electron chi connectivity index (χ0n) is 13.5. The van der Waals surface area contributed by atoms with Crippen LogP contribution in [0.1, 0.15) is 30.9 Å². The number of carbonyl (C=O) groups excluding carboxylic acids is 1. The first-order valence-corrected chi connectivity index (χ1v) is 8.62. The molecule has 0 aliphatic heterocycles. The Morgan fingerprint density at radius 1 is 1.22 bits per heavy atom. The highest BCUT2D eigenvalue weighted by Crippen LogP contribution is 2.26. The average molecular weight is 376 g/mol. The summed E-state index contributed by atoms with van der Waals surface area (Å²) in [6.45, 7) is 4.81. The van der Waals surface area contributed by atoms with E-state index in [-0.39, 0.29) is 18.4 Å². The van der Waals surface area contributed by atoms with Gasteiger partial charge in [0, 0.05) is 6.54 Å². The molecule has 1 atom stereocenters. The lowest BCUT2D eigenvalue weighted by atomic mass is 10.0. The van der Waals surface area contributed by atoms with Crippen LogP contribution in [-0.4, -0.2) is 19.1 Å². The zero-order chi connectivity index (χ0) is 16.7. The van der Waals surface area contributed by atoms with Gasteiger partial charge in [0.05, 0.1) is 4.47 Å². The van der Waals surface area contributed by atoms with Gasteiger partial charge in [-0.15, -0.1) is 0 Å². The van der Waals surface area contributed by atoms with Gasteiger partial charge in [-0.2, -0.15) is 0 Å². The standard InChI is InChI=1S/C19H22BrNO2/c1-3-15-9-10-18(17(20)11-15)23-13-19(22)21-12-14(2)16-7-5-4-6-8-16/h4-11,14H,3,12-13H2,1-2H3,(H,21,22)/t14-/m0/s1. The molecule has 122 valence electrons. The van der Waals surface area contributed by atoms with E-state index in [1.54, 1.807) is 0 Å². The van der Waals surface area contributed by atoms with Crippen molar-refractivity contribution < 1.29 is 9.53 Å². The predicted octanol–water partition coefficient (Wildman–Crippen LogP) is 4.31. The van der Waals surface area contributed by atoms with E-state index in [4.69, 9.17) is 4.74 Å². The largest absolute Gasteiger partial charge is 0.483 e. The Kier molecular flexibility index (Phi) is 6.66. The molecule has 0 spiro atoms. The van der Waals surface area contributed by atoms with Gasteiger partial charge < -0.3 is 10.1 Å². The highest BCUT2D eigenvalue weighted by molar-refractivity contribution is 9.10. The first-order valence-electron chi connectivity index (χ1n) is 7.83. The van der Waals surface area contributed by atoms with Crippen molar-refractivity contribution in [2.45, 2.75) is 26.2 Å². The van der Waals surface area contributed by atoms with Crippen LogP contribution < -0.4 is 10.1 Å². The number of benzene rings is 2. The Bertz CT molecular complexity index is 643. The van der Waals surface area contributed by atoms with Crippen LogP contribution in [0.5, 0.6) is 5.75 Å². The monoisotopic (exact) mass is 375 g/mol. The molecule has 0 saturated heterocycles. The molecule has 0 unspecified atom stereocenters. The van der Waals surface area contributed by atoms with Gasteiger partial charge in [-0.25, -0.2) is 0 Å². The minimum atomic E-state index is -0.112. The Balaban J connectivity index is 1.79. The van der Waals surface area contributed by atoms with Crippen LogP contribution in [0.4, 0.5) is 0 Å². The predicted molar refractivity (Wildman–Crippen MR) is 96.9 cm³/mol. The van der Waals surface area contributed by atoms with Gasteiger partial charge in [-0.05, 0) is 51.5 Å². The van der Waals surface area contributed by atoms with Gasteiger partial charge in [-0.1, -0.05) is 50.2 Å². The fraction of sp³-hybridized carbons (Fsp3) is 0.316. The third-order valence-corrected chi connectivity index (χ3v) is 4.36. The number of hydrogen-bond donors (Lipinski definition) is 1. The van der Waals surface area contributed by atoms with E-state index in [9.17, 15) is 4.79 Å². The van der Waals surface area contributed by atoms with Crippen molar-refractivity contribution in [2.24, 2.45) is 0 Å². The SMILES string of the molecule is CCc1ccc(OCC(=O)NC[C@H](C)c2ccccc2)c(Br)c1. The lowest BCUT2D eigenvalue weighted by Gasteiger charge is -2.14. The van der Waals surface area contributed by atoms with Crippen LogP contribution >= 0.6 is 15.9 Å². The van der Waals surface area contributed by atoms with Gasteiger partial charge in [0.1, 0.15) is 5.75 Å². The number of hydrogen-bond acceptors (Lipinski definition) is 2. The molecule has 1 N–H and O–H groups in total. The maximum Gasteiger partial charge on any atom is 0.257 e. The van der Waals surface area contributed by atoms with E-state index < -0.39 is 0 Å². The third kappa shape index (κ3) is 5.39. The van der Waals surface area contributed by atoms with E-state index in [1.165, 1.54) is 11.1 Å². The van der Waals surface area contributed by atoms with Crippen molar-refractivity contribution in [3.05, 3.63) is 64.1 Å². The second kappa shape index (κ2) is 8.73. The van der Waals surface area contributed by atoms with E-state index in [2.05, 4.69) is 47.2 Å². The second-order valence-corrected chi connectivity index (χ2v) is 6.38. The van der Waals surface area contributed by atoms with Crippen molar-refractivity contribution >= 4 is 21.8 Å². The van der Waals surface area contributed by atoms with E-state index >= 15 is 0 Å². The van der Waals surface area contributed by atoms with E-state index in [0.717, 1.165) is 10.9 Å². The normalized spacial score (nSPS) is 11.8. The molecule has 0 aromatic heterocycles. The summed E-state index contributed by atoms with van der Waals surface area (Å²) in [5.41, 5.74) is 2.44. The molecule has 4 heteroatoms. The number of rotatable bonds is 7. The summed E-state index contributed by atoms with van der Waals surface area (Å²) in [5, 5.41) is 2.91. The molecular formula is C19H22BrNO2. The summed E-state index contributed by atoms with van der Waals surface area (Å²) in [7, 11) is 0. The Morgan fingerprint density at radius 2 is 1.96 bits per heavy atom. The van der Waals surface area contributed by atoms with Crippen LogP contribution in [0.25, 0.3) is 0 Å². The van der Waals surface area contributed by atoms with Gasteiger partial charge in [0.15, 0.2) is 6.61 Å². The third-order valence-electron chi connectivity index (χ3n) is 3.74. The Morgan fingerprint density at radius 3 is 2.61 bits per heavy atom. The summed E-state index contributed by atoms with van der Waals surface area (Å²) in [6.07, 6.45) is 0.969. The number of carbonyl (C=O) groups is 1. The van der Waals surface area contributed by atoms with Gasteiger partial charge >= 0.3 is 0 Å². The molecule has 23 heavy (non-hydrogen) atoms. The average Bonchev–Trinajstić information content (AvgIpc) is 2.59. The molecule has 2 aromatic carbocycles. The molecule has 0 bridgehead atoms. The van der Waals surface area contributed by atoms with Crippen LogP contribution in [-0.2, 0) is 11.2 Å². The van der Waals surface area contributed by atoms with Crippen LogP contribution in [0.2, 0.25) is 0 Å². The summed E-state index contributed by atoms with van der Waals surface area (Å²) in [4.78, 5) is 11.9. The number of nitrogens with one attached hydrogen (secondary N) is 1. The number of amides is 1. The quantitative estimate of drug-likeness (QED) is 0.782. The zero-order valence-corrected chi connectivity index (χ0v) is 15.1. The molecule has 0 radical (unpaired) electrons. The number of aryl methyl sites for hydroxylation is 1. The molecule has 0 aliphatic rings. The molecule has 2 rings (SSSR count).